The molecule has 1 atom stereocenters. The van der Waals surface area contributed by atoms with E-state index in [0.29, 0.717) is 24.9 Å². The summed E-state index contributed by atoms with van der Waals surface area (Å²) >= 11 is 0. The number of ether oxygens (including phenoxy) is 1. The summed E-state index contributed by atoms with van der Waals surface area (Å²) in [6, 6.07) is 8.42. The number of unbranched alkanes of at least 4 members (excludes halogenated alkanes) is 2. The second kappa shape index (κ2) is 9.78. The van der Waals surface area contributed by atoms with Crippen LogP contribution in [0.4, 0.5) is 0 Å². The minimum atomic E-state index is 0.403. The Morgan fingerprint density at radius 1 is 1.05 bits per heavy atom. The molecule has 1 aromatic rings. The van der Waals surface area contributed by atoms with E-state index in [-0.39, 0.29) is 0 Å². The Morgan fingerprint density at radius 3 is 2.25 bits per heavy atom. The monoisotopic (exact) mass is 278 g/mol. The van der Waals surface area contributed by atoms with E-state index in [4.69, 9.17) is 16.2 Å². The largest absolute Gasteiger partial charge is 0.494 e. The number of hydrogen-bond donors (Lipinski definition) is 2. The van der Waals surface area contributed by atoms with Crippen LogP contribution in [-0.2, 0) is 6.42 Å². The van der Waals surface area contributed by atoms with Crippen LogP contribution in [-0.4, -0.2) is 19.7 Å². The maximum Gasteiger partial charge on any atom is 0.119 e. The zero-order chi connectivity index (χ0) is 14.8. The zero-order valence-corrected chi connectivity index (χ0v) is 13.0. The second-order valence-electron chi connectivity index (χ2n) is 5.61. The van der Waals surface area contributed by atoms with Gasteiger partial charge in [-0.15, -0.1) is 0 Å². The molecule has 0 amide bonds. The van der Waals surface area contributed by atoms with Crippen LogP contribution in [0, 0.1) is 11.8 Å². The van der Waals surface area contributed by atoms with Gasteiger partial charge < -0.3 is 16.2 Å². The fourth-order valence-electron chi connectivity index (χ4n) is 2.36. The molecular weight excluding hydrogens is 248 g/mol. The van der Waals surface area contributed by atoms with Crippen LogP contribution < -0.4 is 16.2 Å². The van der Waals surface area contributed by atoms with Gasteiger partial charge in [-0.05, 0) is 55.5 Å². The van der Waals surface area contributed by atoms with Crippen LogP contribution in [0.1, 0.15) is 38.7 Å². The van der Waals surface area contributed by atoms with Gasteiger partial charge in [0.2, 0.25) is 0 Å². The van der Waals surface area contributed by atoms with E-state index in [1.165, 1.54) is 18.4 Å². The molecule has 0 aliphatic carbocycles. The van der Waals surface area contributed by atoms with Gasteiger partial charge >= 0.3 is 0 Å². The van der Waals surface area contributed by atoms with Gasteiger partial charge in [0.05, 0.1) is 6.61 Å². The van der Waals surface area contributed by atoms with Crippen molar-refractivity contribution in [1.82, 2.24) is 0 Å². The highest BCUT2D eigenvalue weighted by Gasteiger charge is 2.14. The first kappa shape index (κ1) is 17.0. The summed E-state index contributed by atoms with van der Waals surface area (Å²) < 4.78 is 5.72. The molecule has 1 rings (SSSR count). The lowest BCUT2D eigenvalue weighted by Crippen LogP contribution is -2.30. The van der Waals surface area contributed by atoms with Gasteiger partial charge in [0.15, 0.2) is 0 Å². The molecule has 0 radical (unpaired) electrons. The number of hydrogen-bond acceptors (Lipinski definition) is 3. The normalized spacial score (nSPS) is 12.7. The Hall–Kier alpha value is -1.06. The van der Waals surface area contributed by atoms with Crippen molar-refractivity contribution < 1.29 is 4.74 Å². The van der Waals surface area contributed by atoms with Crippen LogP contribution in [0.3, 0.4) is 0 Å². The van der Waals surface area contributed by atoms with Crippen LogP contribution in [0.2, 0.25) is 0 Å². The molecule has 0 saturated carbocycles. The van der Waals surface area contributed by atoms with E-state index in [9.17, 15) is 0 Å². The molecule has 0 heterocycles. The number of benzene rings is 1. The quantitative estimate of drug-likeness (QED) is 0.647. The van der Waals surface area contributed by atoms with Gasteiger partial charge in [-0.1, -0.05) is 38.8 Å². The van der Waals surface area contributed by atoms with Gasteiger partial charge in [-0.25, -0.2) is 0 Å². The van der Waals surface area contributed by atoms with Crippen LogP contribution in [0.15, 0.2) is 24.3 Å². The molecule has 3 nitrogen and oxygen atoms in total. The third kappa shape index (κ3) is 5.93. The molecule has 1 aromatic carbocycles. The van der Waals surface area contributed by atoms with Crippen molar-refractivity contribution in [2.75, 3.05) is 19.7 Å². The first-order valence-electron chi connectivity index (χ1n) is 7.83. The van der Waals surface area contributed by atoms with E-state index in [2.05, 4.69) is 38.1 Å². The van der Waals surface area contributed by atoms with Gasteiger partial charge in [-0.3, -0.25) is 0 Å². The molecular formula is C17H30N2O. The lowest BCUT2D eigenvalue weighted by molar-refractivity contribution is 0.306. The summed E-state index contributed by atoms with van der Waals surface area (Å²) in [5, 5.41) is 0. The van der Waals surface area contributed by atoms with Crippen molar-refractivity contribution in [3.05, 3.63) is 29.8 Å². The summed E-state index contributed by atoms with van der Waals surface area (Å²) in [5.74, 6) is 1.88. The maximum absolute atomic E-state index is 5.74. The molecule has 0 aliphatic rings. The fraction of sp³-hybridized carbons (Fsp3) is 0.647. The van der Waals surface area contributed by atoms with E-state index in [1.807, 2.05) is 0 Å². The average molecular weight is 278 g/mol. The Bertz CT molecular complexity index is 347. The minimum absolute atomic E-state index is 0.403. The smallest absolute Gasteiger partial charge is 0.119 e. The topological polar surface area (TPSA) is 61.3 Å². The van der Waals surface area contributed by atoms with Crippen LogP contribution in [0.5, 0.6) is 5.75 Å². The highest BCUT2D eigenvalue weighted by atomic mass is 16.5. The lowest BCUT2D eigenvalue weighted by Gasteiger charge is -2.20. The predicted molar refractivity (Wildman–Crippen MR) is 85.9 cm³/mol. The third-order valence-electron chi connectivity index (χ3n) is 3.91. The van der Waals surface area contributed by atoms with E-state index < -0.39 is 0 Å². The summed E-state index contributed by atoms with van der Waals surface area (Å²) in [7, 11) is 0. The average Bonchev–Trinajstić information content (AvgIpc) is 2.46. The second-order valence-corrected chi connectivity index (χ2v) is 5.61. The SMILES string of the molecule is CCCCCOc1ccc(CC(C)C(CN)CN)cc1. The van der Waals surface area contributed by atoms with Crippen molar-refractivity contribution in [2.45, 2.75) is 39.5 Å². The summed E-state index contributed by atoms with van der Waals surface area (Å²) in [4.78, 5) is 0. The summed E-state index contributed by atoms with van der Waals surface area (Å²) in [6.45, 7) is 6.56. The number of nitrogens with two attached hydrogens (primary N) is 2. The minimum Gasteiger partial charge on any atom is -0.494 e. The maximum atomic E-state index is 5.74. The summed E-state index contributed by atoms with van der Waals surface area (Å²) in [5.41, 5.74) is 12.8. The van der Waals surface area contributed by atoms with Crippen molar-refractivity contribution in [2.24, 2.45) is 23.3 Å². The highest BCUT2D eigenvalue weighted by molar-refractivity contribution is 5.27. The van der Waals surface area contributed by atoms with E-state index >= 15 is 0 Å². The lowest BCUT2D eigenvalue weighted by atomic mass is 9.88. The Labute approximate surface area is 123 Å². The molecule has 0 bridgehead atoms. The molecule has 0 aliphatic heterocycles. The molecule has 1 unspecified atom stereocenters. The third-order valence-corrected chi connectivity index (χ3v) is 3.91. The first-order chi connectivity index (χ1) is 9.71. The van der Waals surface area contributed by atoms with Crippen LogP contribution >= 0.6 is 0 Å². The molecule has 0 spiro atoms. The van der Waals surface area contributed by atoms with E-state index in [1.54, 1.807) is 0 Å². The van der Waals surface area contributed by atoms with Gasteiger partial charge in [0, 0.05) is 0 Å². The first-order valence-corrected chi connectivity index (χ1v) is 7.83. The van der Waals surface area contributed by atoms with Crippen molar-refractivity contribution in [1.29, 1.82) is 0 Å². The fourth-order valence-corrected chi connectivity index (χ4v) is 2.36. The Kier molecular flexibility index (Phi) is 8.31. The predicted octanol–water partition coefficient (Wildman–Crippen LogP) is 2.97. The van der Waals surface area contributed by atoms with Crippen molar-refractivity contribution >= 4 is 0 Å². The zero-order valence-electron chi connectivity index (χ0n) is 13.0. The standard InChI is InChI=1S/C17H30N2O/c1-3-4-5-10-20-17-8-6-15(7-9-17)11-14(2)16(12-18)13-19/h6-9,14,16H,3-5,10-13,18-19H2,1-2H3. The van der Waals surface area contributed by atoms with Crippen molar-refractivity contribution in [3.63, 3.8) is 0 Å². The molecule has 4 N–H and O–H groups in total. The van der Waals surface area contributed by atoms with Gasteiger partial charge in [-0.2, -0.15) is 0 Å². The Morgan fingerprint density at radius 2 is 1.70 bits per heavy atom. The highest BCUT2D eigenvalue weighted by Crippen LogP contribution is 2.19. The van der Waals surface area contributed by atoms with Gasteiger partial charge in [0.25, 0.3) is 0 Å². The van der Waals surface area contributed by atoms with Crippen LogP contribution in [0.25, 0.3) is 0 Å². The molecule has 0 fully saturated rings. The molecule has 0 aromatic heterocycles. The molecule has 3 heteroatoms. The number of rotatable bonds is 10. The van der Waals surface area contributed by atoms with Gasteiger partial charge in [0.1, 0.15) is 5.75 Å². The summed E-state index contributed by atoms with van der Waals surface area (Å²) in [6.07, 6.45) is 4.61. The molecule has 114 valence electrons. The van der Waals surface area contributed by atoms with Crippen molar-refractivity contribution in [3.8, 4) is 5.75 Å². The van der Waals surface area contributed by atoms with E-state index in [0.717, 1.165) is 25.2 Å². The molecule has 0 saturated heterocycles. The Balaban J connectivity index is 2.41. The molecule has 20 heavy (non-hydrogen) atoms.